The van der Waals surface area contributed by atoms with E-state index in [2.05, 4.69) is 12.1 Å². The van der Waals surface area contributed by atoms with E-state index in [0.29, 0.717) is 4.90 Å². The van der Waals surface area contributed by atoms with Crippen molar-refractivity contribution in [1.82, 2.24) is 0 Å². The summed E-state index contributed by atoms with van der Waals surface area (Å²) >= 11 is 1.28. The minimum atomic E-state index is -0.650. The Kier molecular flexibility index (Phi) is 3.59. The lowest BCUT2D eigenvalue weighted by molar-refractivity contribution is 0.100. The average Bonchev–Trinajstić information content (AvgIpc) is 2.88. The number of nitrogens with two attached hydrogens (primary N) is 2. The standard InChI is InChI=1S/C16H15FN2OS/c17-13-8-14(18)12(16(19)20)7-15(13)21-11-5-4-9-2-1-3-10(9)6-11/h4-8H,1-3,18H2,(H2,19,20). The monoisotopic (exact) mass is 302 g/mol. The zero-order valence-electron chi connectivity index (χ0n) is 11.4. The van der Waals surface area contributed by atoms with Gasteiger partial charge in [-0.05, 0) is 54.7 Å². The van der Waals surface area contributed by atoms with Crippen molar-refractivity contribution >= 4 is 23.4 Å². The molecule has 1 amide bonds. The summed E-state index contributed by atoms with van der Waals surface area (Å²) in [5, 5.41) is 0. The minimum Gasteiger partial charge on any atom is -0.398 e. The Bertz CT molecular complexity index is 730. The molecule has 0 radical (unpaired) electrons. The Morgan fingerprint density at radius 1 is 1.14 bits per heavy atom. The number of aryl methyl sites for hydroxylation is 2. The van der Waals surface area contributed by atoms with Gasteiger partial charge in [-0.3, -0.25) is 4.79 Å². The smallest absolute Gasteiger partial charge is 0.250 e. The zero-order chi connectivity index (χ0) is 15.0. The number of amides is 1. The van der Waals surface area contributed by atoms with Crippen molar-refractivity contribution in [2.24, 2.45) is 5.73 Å². The van der Waals surface area contributed by atoms with Crippen LogP contribution in [0.3, 0.4) is 0 Å². The third-order valence-electron chi connectivity index (χ3n) is 3.67. The summed E-state index contributed by atoms with van der Waals surface area (Å²) in [6.07, 6.45) is 3.36. The molecule has 0 saturated carbocycles. The lowest BCUT2D eigenvalue weighted by Crippen LogP contribution is -2.14. The SMILES string of the molecule is NC(=O)c1cc(Sc2ccc3c(c2)CCC3)c(F)cc1N. The van der Waals surface area contributed by atoms with E-state index in [0.717, 1.165) is 23.8 Å². The van der Waals surface area contributed by atoms with Gasteiger partial charge in [0, 0.05) is 15.5 Å². The highest BCUT2D eigenvalue weighted by Gasteiger charge is 2.15. The number of carbonyl (C=O) groups excluding carboxylic acids is 1. The van der Waals surface area contributed by atoms with Crippen molar-refractivity contribution in [3.63, 3.8) is 0 Å². The molecule has 0 heterocycles. The maximum Gasteiger partial charge on any atom is 0.250 e. The number of hydrogen-bond donors (Lipinski definition) is 2. The van der Waals surface area contributed by atoms with Crippen molar-refractivity contribution in [3.05, 3.63) is 52.8 Å². The summed E-state index contributed by atoms with van der Waals surface area (Å²) in [4.78, 5) is 12.6. The van der Waals surface area contributed by atoms with Gasteiger partial charge in [0.1, 0.15) is 5.82 Å². The van der Waals surface area contributed by atoms with Crippen LogP contribution in [0.25, 0.3) is 0 Å². The van der Waals surface area contributed by atoms with Crippen LogP contribution >= 0.6 is 11.8 Å². The number of anilines is 1. The fourth-order valence-corrected chi connectivity index (χ4v) is 3.52. The summed E-state index contributed by atoms with van der Waals surface area (Å²) in [5.74, 6) is -1.09. The second-order valence-electron chi connectivity index (χ2n) is 5.12. The van der Waals surface area contributed by atoms with Gasteiger partial charge in [-0.25, -0.2) is 4.39 Å². The highest BCUT2D eigenvalue weighted by molar-refractivity contribution is 7.99. The van der Waals surface area contributed by atoms with Crippen LogP contribution in [0.4, 0.5) is 10.1 Å². The van der Waals surface area contributed by atoms with Gasteiger partial charge in [-0.15, -0.1) is 0 Å². The van der Waals surface area contributed by atoms with Crippen molar-refractivity contribution in [3.8, 4) is 0 Å². The number of carbonyl (C=O) groups is 1. The summed E-state index contributed by atoms with van der Waals surface area (Å²) in [7, 11) is 0. The Morgan fingerprint density at radius 3 is 2.67 bits per heavy atom. The second kappa shape index (κ2) is 5.41. The first-order valence-electron chi connectivity index (χ1n) is 6.73. The summed E-state index contributed by atoms with van der Waals surface area (Å²) in [6.45, 7) is 0. The number of benzene rings is 2. The van der Waals surface area contributed by atoms with Gasteiger partial charge in [0.25, 0.3) is 5.91 Å². The van der Waals surface area contributed by atoms with E-state index < -0.39 is 11.7 Å². The van der Waals surface area contributed by atoms with Gasteiger partial charge in [0.05, 0.1) is 5.56 Å². The Morgan fingerprint density at radius 2 is 1.90 bits per heavy atom. The molecule has 2 aromatic rings. The first kappa shape index (κ1) is 13.9. The first-order chi connectivity index (χ1) is 10.0. The third kappa shape index (κ3) is 2.74. The molecular weight excluding hydrogens is 287 g/mol. The van der Waals surface area contributed by atoms with E-state index in [1.165, 1.54) is 35.4 Å². The number of primary amides is 1. The van der Waals surface area contributed by atoms with Gasteiger partial charge in [-0.1, -0.05) is 17.8 Å². The predicted molar refractivity (Wildman–Crippen MR) is 81.9 cm³/mol. The van der Waals surface area contributed by atoms with Crippen LogP contribution in [-0.4, -0.2) is 5.91 Å². The number of hydrogen-bond acceptors (Lipinski definition) is 3. The molecule has 0 fully saturated rings. The van der Waals surface area contributed by atoms with Crippen LogP contribution < -0.4 is 11.5 Å². The fraction of sp³-hybridized carbons (Fsp3) is 0.188. The molecule has 0 saturated heterocycles. The highest BCUT2D eigenvalue weighted by atomic mass is 32.2. The van der Waals surface area contributed by atoms with Gasteiger partial charge in [0.2, 0.25) is 0 Å². The van der Waals surface area contributed by atoms with Gasteiger partial charge in [-0.2, -0.15) is 0 Å². The second-order valence-corrected chi connectivity index (χ2v) is 6.24. The molecule has 3 rings (SSSR count). The molecule has 1 aliphatic rings. The van der Waals surface area contributed by atoms with E-state index in [9.17, 15) is 9.18 Å². The minimum absolute atomic E-state index is 0.0679. The predicted octanol–water partition coefficient (Wildman–Crippen LogP) is 3.15. The van der Waals surface area contributed by atoms with Crippen LogP contribution in [-0.2, 0) is 12.8 Å². The first-order valence-corrected chi connectivity index (χ1v) is 7.55. The average molecular weight is 302 g/mol. The Hall–Kier alpha value is -2.01. The van der Waals surface area contributed by atoms with Crippen LogP contribution in [0.5, 0.6) is 0 Å². The number of rotatable bonds is 3. The molecule has 0 aromatic heterocycles. The van der Waals surface area contributed by atoms with Crippen molar-refractivity contribution in [1.29, 1.82) is 0 Å². The Balaban J connectivity index is 1.94. The normalized spacial score (nSPS) is 13.2. The molecule has 108 valence electrons. The summed E-state index contributed by atoms with van der Waals surface area (Å²) in [5.41, 5.74) is 13.8. The van der Waals surface area contributed by atoms with Crippen LogP contribution in [0.2, 0.25) is 0 Å². The summed E-state index contributed by atoms with van der Waals surface area (Å²) < 4.78 is 14.0. The quantitative estimate of drug-likeness (QED) is 0.856. The molecule has 2 aromatic carbocycles. The van der Waals surface area contributed by atoms with E-state index >= 15 is 0 Å². The molecule has 0 unspecified atom stereocenters. The molecule has 4 N–H and O–H groups in total. The van der Waals surface area contributed by atoms with Gasteiger partial charge < -0.3 is 11.5 Å². The lowest BCUT2D eigenvalue weighted by Gasteiger charge is -2.09. The van der Waals surface area contributed by atoms with E-state index in [-0.39, 0.29) is 11.3 Å². The van der Waals surface area contributed by atoms with Gasteiger partial charge in [0.15, 0.2) is 0 Å². The van der Waals surface area contributed by atoms with Crippen LogP contribution in [0.1, 0.15) is 27.9 Å². The maximum atomic E-state index is 14.0. The zero-order valence-corrected chi connectivity index (χ0v) is 12.2. The molecule has 21 heavy (non-hydrogen) atoms. The molecular formula is C16H15FN2OS. The third-order valence-corrected chi connectivity index (χ3v) is 4.69. The molecule has 1 aliphatic carbocycles. The largest absolute Gasteiger partial charge is 0.398 e. The molecule has 0 bridgehead atoms. The van der Waals surface area contributed by atoms with Crippen molar-refractivity contribution < 1.29 is 9.18 Å². The number of nitrogen functional groups attached to an aromatic ring is 1. The molecule has 0 atom stereocenters. The number of halogens is 1. The number of fused-ring (bicyclic) bond motifs is 1. The van der Waals surface area contributed by atoms with Gasteiger partial charge >= 0.3 is 0 Å². The summed E-state index contributed by atoms with van der Waals surface area (Å²) in [6, 6.07) is 8.73. The van der Waals surface area contributed by atoms with E-state index in [1.54, 1.807) is 0 Å². The van der Waals surface area contributed by atoms with E-state index in [4.69, 9.17) is 11.5 Å². The fourth-order valence-electron chi connectivity index (χ4n) is 2.60. The maximum absolute atomic E-state index is 14.0. The topological polar surface area (TPSA) is 69.1 Å². The molecule has 3 nitrogen and oxygen atoms in total. The lowest BCUT2D eigenvalue weighted by atomic mass is 10.1. The Labute approximate surface area is 126 Å². The van der Waals surface area contributed by atoms with Crippen LogP contribution in [0.15, 0.2) is 40.1 Å². The van der Waals surface area contributed by atoms with Crippen LogP contribution in [0, 0.1) is 5.82 Å². The van der Waals surface area contributed by atoms with Crippen molar-refractivity contribution in [2.45, 2.75) is 29.1 Å². The highest BCUT2D eigenvalue weighted by Crippen LogP contribution is 2.35. The van der Waals surface area contributed by atoms with E-state index in [1.807, 2.05) is 6.07 Å². The molecule has 0 aliphatic heterocycles. The molecule has 5 heteroatoms. The molecule has 0 spiro atoms. The van der Waals surface area contributed by atoms with Crippen molar-refractivity contribution in [2.75, 3.05) is 5.73 Å².